The Kier molecular flexibility index (Phi) is 7.26. The quantitative estimate of drug-likeness (QED) is 0.351. The van der Waals surface area contributed by atoms with Crippen LogP contribution in [0.1, 0.15) is 12.8 Å². The Balaban J connectivity index is 1.37. The molecule has 186 valence electrons. The van der Waals surface area contributed by atoms with Crippen molar-refractivity contribution < 1.29 is 9.53 Å². The highest BCUT2D eigenvalue weighted by molar-refractivity contribution is 7.99. The number of nitrogens with two attached hydrogens (primary N) is 1. The van der Waals surface area contributed by atoms with E-state index in [0.717, 1.165) is 53.2 Å². The topological polar surface area (TPSA) is 111 Å². The number of carbonyl (C=O) groups is 1. The van der Waals surface area contributed by atoms with Gasteiger partial charge in [-0.2, -0.15) is 0 Å². The summed E-state index contributed by atoms with van der Waals surface area (Å²) in [5.74, 6) is 0.985. The SMILES string of the molecule is CN1CCC(Oc2cccc3ncnc(Nc4ccc(Sc5nccn5CC(N)=O)c(Cl)c4)c23)CC1. The third-order valence-electron chi connectivity index (χ3n) is 5.98. The lowest BCUT2D eigenvalue weighted by atomic mass is 10.1. The maximum absolute atomic E-state index is 11.3. The van der Waals surface area contributed by atoms with Crippen LogP contribution in [-0.2, 0) is 11.3 Å². The van der Waals surface area contributed by atoms with Gasteiger partial charge in [-0.1, -0.05) is 29.4 Å². The molecule has 4 aromatic rings. The summed E-state index contributed by atoms with van der Waals surface area (Å²) in [5, 5.41) is 5.39. The van der Waals surface area contributed by atoms with Gasteiger partial charge in [0.15, 0.2) is 5.16 Å². The number of primary amides is 1. The highest BCUT2D eigenvalue weighted by Gasteiger charge is 2.20. The van der Waals surface area contributed by atoms with Crippen LogP contribution in [-0.4, -0.2) is 56.6 Å². The van der Waals surface area contributed by atoms with Crippen molar-refractivity contribution >= 4 is 51.7 Å². The Morgan fingerprint density at radius 2 is 2.06 bits per heavy atom. The smallest absolute Gasteiger partial charge is 0.237 e. The van der Waals surface area contributed by atoms with Crippen LogP contribution in [0.4, 0.5) is 11.5 Å². The van der Waals surface area contributed by atoms with Crippen LogP contribution in [0.15, 0.2) is 65.2 Å². The minimum absolute atomic E-state index is 0.0579. The van der Waals surface area contributed by atoms with Crippen LogP contribution in [0.5, 0.6) is 5.75 Å². The number of nitrogens with one attached hydrogen (secondary N) is 1. The average Bonchev–Trinajstić information content (AvgIpc) is 3.28. The Morgan fingerprint density at radius 1 is 1.22 bits per heavy atom. The first-order chi connectivity index (χ1) is 17.5. The van der Waals surface area contributed by atoms with E-state index in [9.17, 15) is 4.79 Å². The molecule has 0 atom stereocenters. The summed E-state index contributed by atoms with van der Waals surface area (Å²) in [6, 6.07) is 11.5. The number of amides is 1. The second-order valence-electron chi connectivity index (χ2n) is 8.67. The number of imidazole rings is 1. The van der Waals surface area contributed by atoms with E-state index in [-0.39, 0.29) is 12.6 Å². The van der Waals surface area contributed by atoms with Crippen LogP contribution in [0.2, 0.25) is 5.02 Å². The normalized spacial score (nSPS) is 14.7. The number of nitrogens with zero attached hydrogens (tertiary/aromatic N) is 5. The summed E-state index contributed by atoms with van der Waals surface area (Å²) in [5.41, 5.74) is 6.90. The molecule has 0 bridgehead atoms. The van der Waals surface area contributed by atoms with Gasteiger partial charge in [0.25, 0.3) is 0 Å². The van der Waals surface area contributed by atoms with Gasteiger partial charge >= 0.3 is 0 Å². The van der Waals surface area contributed by atoms with Crippen molar-refractivity contribution in [1.29, 1.82) is 0 Å². The second-order valence-corrected chi connectivity index (χ2v) is 10.1. The van der Waals surface area contributed by atoms with Crippen LogP contribution < -0.4 is 15.8 Å². The molecule has 36 heavy (non-hydrogen) atoms. The number of hydrogen-bond acceptors (Lipinski definition) is 8. The van der Waals surface area contributed by atoms with Crippen molar-refractivity contribution in [2.24, 2.45) is 5.73 Å². The van der Waals surface area contributed by atoms with Gasteiger partial charge in [-0.15, -0.1) is 0 Å². The van der Waals surface area contributed by atoms with E-state index in [4.69, 9.17) is 22.1 Å². The number of likely N-dealkylation sites (tertiary alicyclic amines) is 1. The molecule has 2 aromatic carbocycles. The zero-order chi connectivity index (χ0) is 25.1. The third-order valence-corrected chi connectivity index (χ3v) is 7.51. The first-order valence-electron chi connectivity index (χ1n) is 11.6. The largest absolute Gasteiger partial charge is 0.489 e. The molecular formula is C25H26ClN7O2S. The molecule has 1 aliphatic heterocycles. The van der Waals surface area contributed by atoms with Gasteiger partial charge in [-0.3, -0.25) is 4.79 Å². The number of hydrogen-bond donors (Lipinski definition) is 2. The molecule has 0 saturated carbocycles. The van der Waals surface area contributed by atoms with Gasteiger partial charge in [0.2, 0.25) is 5.91 Å². The molecule has 1 fully saturated rings. The van der Waals surface area contributed by atoms with E-state index in [1.807, 2.05) is 36.4 Å². The maximum Gasteiger partial charge on any atom is 0.237 e. The molecule has 0 radical (unpaired) electrons. The lowest BCUT2D eigenvalue weighted by Gasteiger charge is -2.29. The number of aromatic nitrogens is 4. The Hall–Kier alpha value is -3.34. The first kappa shape index (κ1) is 24.4. The maximum atomic E-state index is 11.3. The van der Waals surface area contributed by atoms with E-state index in [2.05, 4.69) is 32.2 Å². The molecule has 1 amide bonds. The molecule has 0 spiro atoms. The number of carbonyl (C=O) groups excluding carboxylic acids is 1. The second kappa shape index (κ2) is 10.7. The molecule has 1 saturated heterocycles. The summed E-state index contributed by atoms with van der Waals surface area (Å²) >= 11 is 7.97. The molecule has 5 rings (SSSR count). The zero-order valence-corrected chi connectivity index (χ0v) is 21.3. The minimum Gasteiger partial charge on any atom is -0.489 e. The molecule has 9 nitrogen and oxygen atoms in total. The van der Waals surface area contributed by atoms with E-state index in [0.29, 0.717) is 16.0 Å². The lowest BCUT2D eigenvalue weighted by molar-refractivity contribution is -0.118. The minimum atomic E-state index is -0.434. The van der Waals surface area contributed by atoms with Gasteiger partial charge in [0.05, 0.1) is 15.9 Å². The van der Waals surface area contributed by atoms with Crippen LogP contribution in [0, 0.1) is 0 Å². The molecule has 1 aliphatic rings. The molecule has 11 heteroatoms. The van der Waals surface area contributed by atoms with Gasteiger partial charge in [-0.05, 0) is 50.2 Å². The molecule has 0 aliphatic carbocycles. The van der Waals surface area contributed by atoms with E-state index in [1.165, 1.54) is 18.1 Å². The molecular weight excluding hydrogens is 498 g/mol. The highest BCUT2D eigenvalue weighted by atomic mass is 35.5. The van der Waals surface area contributed by atoms with Gasteiger partial charge < -0.3 is 25.3 Å². The van der Waals surface area contributed by atoms with Gasteiger partial charge in [-0.25, -0.2) is 15.0 Å². The Labute approximate surface area is 218 Å². The first-order valence-corrected chi connectivity index (χ1v) is 12.8. The molecule has 2 aromatic heterocycles. The molecule has 0 unspecified atom stereocenters. The average molecular weight is 524 g/mol. The van der Waals surface area contributed by atoms with E-state index < -0.39 is 5.91 Å². The van der Waals surface area contributed by atoms with Crippen molar-refractivity contribution in [3.05, 3.63) is 60.1 Å². The Bertz CT molecular complexity index is 1380. The summed E-state index contributed by atoms with van der Waals surface area (Å²) in [6.07, 6.45) is 7.00. The number of benzene rings is 2. The number of rotatable bonds is 8. The highest BCUT2D eigenvalue weighted by Crippen LogP contribution is 2.37. The van der Waals surface area contributed by atoms with Gasteiger partial charge in [0.1, 0.15) is 30.5 Å². The number of ether oxygens (including phenoxy) is 1. The fraction of sp³-hybridized carbons (Fsp3) is 0.280. The van der Waals surface area contributed by atoms with E-state index in [1.54, 1.807) is 17.0 Å². The monoisotopic (exact) mass is 523 g/mol. The number of anilines is 2. The van der Waals surface area contributed by atoms with Crippen LogP contribution >= 0.6 is 23.4 Å². The summed E-state index contributed by atoms with van der Waals surface area (Å²) < 4.78 is 8.11. The van der Waals surface area contributed by atoms with Crippen LogP contribution in [0.3, 0.4) is 0 Å². The van der Waals surface area contributed by atoms with Crippen molar-refractivity contribution in [3.8, 4) is 5.75 Å². The number of piperidine rings is 1. The summed E-state index contributed by atoms with van der Waals surface area (Å²) in [7, 11) is 2.13. The third kappa shape index (κ3) is 5.56. The van der Waals surface area contributed by atoms with Gasteiger partial charge in [0, 0.05) is 36.1 Å². The lowest BCUT2D eigenvalue weighted by Crippen LogP contribution is -2.35. The predicted octanol–water partition coefficient (Wildman–Crippen LogP) is 4.33. The molecule has 3 heterocycles. The van der Waals surface area contributed by atoms with Crippen molar-refractivity contribution in [2.45, 2.75) is 35.5 Å². The van der Waals surface area contributed by atoms with Crippen molar-refractivity contribution in [2.75, 3.05) is 25.5 Å². The standard InChI is InChI=1S/C25H26ClN7O2S/c1-32-10-7-17(8-11-32)35-20-4-2-3-19-23(20)24(30-15-29-19)31-16-5-6-21(18(26)13-16)36-25-28-9-12-33(25)14-22(27)34/h2-6,9,12-13,15,17H,7-8,10-11,14H2,1H3,(H2,27,34)(H,29,30,31). The molecule has 3 N–H and O–H groups in total. The fourth-order valence-electron chi connectivity index (χ4n) is 4.14. The fourth-order valence-corrected chi connectivity index (χ4v) is 5.28. The van der Waals surface area contributed by atoms with Crippen molar-refractivity contribution in [1.82, 2.24) is 24.4 Å². The van der Waals surface area contributed by atoms with Crippen LogP contribution in [0.25, 0.3) is 10.9 Å². The predicted molar refractivity (Wildman–Crippen MR) is 141 cm³/mol. The van der Waals surface area contributed by atoms with E-state index >= 15 is 0 Å². The Morgan fingerprint density at radius 3 is 2.83 bits per heavy atom. The number of halogens is 1. The summed E-state index contributed by atoms with van der Waals surface area (Å²) in [4.78, 5) is 27.7. The number of fused-ring (bicyclic) bond motifs is 1. The summed E-state index contributed by atoms with van der Waals surface area (Å²) in [6.45, 7) is 2.09. The van der Waals surface area contributed by atoms with Crippen molar-refractivity contribution in [3.63, 3.8) is 0 Å². The zero-order valence-electron chi connectivity index (χ0n) is 19.7.